The molecule has 6 nitrogen and oxygen atoms in total. The maximum atomic E-state index is 12.7. The second-order valence-corrected chi connectivity index (χ2v) is 6.38. The Morgan fingerprint density at radius 1 is 1.36 bits per heavy atom. The lowest BCUT2D eigenvalue weighted by Gasteiger charge is -2.22. The van der Waals surface area contributed by atoms with Gasteiger partial charge in [0.05, 0.1) is 12.2 Å². The number of piperidine rings is 1. The molecule has 0 spiro atoms. The first-order valence-corrected chi connectivity index (χ1v) is 8.72. The van der Waals surface area contributed by atoms with E-state index in [1.54, 1.807) is 11.1 Å². The van der Waals surface area contributed by atoms with Crippen LogP contribution in [-0.2, 0) is 6.54 Å². The molecule has 3 rings (SSSR count). The van der Waals surface area contributed by atoms with Crippen molar-refractivity contribution in [2.75, 3.05) is 19.6 Å². The molecule has 2 aromatic rings. The van der Waals surface area contributed by atoms with E-state index in [0.29, 0.717) is 29.8 Å². The number of halogens is 2. The smallest absolute Gasteiger partial charge is 0.276 e. The van der Waals surface area contributed by atoms with Crippen molar-refractivity contribution in [3.05, 3.63) is 46.7 Å². The Hall–Kier alpha value is -1.63. The highest BCUT2D eigenvalue weighted by molar-refractivity contribution is 6.31. The summed E-state index contributed by atoms with van der Waals surface area (Å²) in [6, 6.07) is 7.90. The third-order valence-electron chi connectivity index (χ3n) is 4.40. The number of amides is 1. The minimum absolute atomic E-state index is 0. The molecule has 0 bridgehead atoms. The molecule has 0 unspecified atom stereocenters. The molecule has 136 valence electrons. The second kappa shape index (κ2) is 9.17. The number of carbonyl (C=O) groups is 1. The van der Waals surface area contributed by atoms with Crippen molar-refractivity contribution < 1.29 is 4.79 Å². The van der Waals surface area contributed by atoms with Crippen LogP contribution in [-0.4, -0.2) is 45.4 Å². The Labute approximate surface area is 158 Å². The zero-order valence-electron chi connectivity index (χ0n) is 14.2. The third kappa shape index (κ3) is 4.71. The quantitative estimate of drug-likeness (QED) is 0.861. The molecule has 25 heavy (non-hydrogen) atoms. The molecule has 8 heteroatoms. The van der Waals surface area contributed by atoms with E-state index >= 15 is 0 Å². The molecule has 1 fully saturated rings. The number of rotatable bonds is 5. The van der Waals surface area contributed by atoms with Gasteiger partial charge in [0.2, 0.25) is 0 Å². The summed E-state index contributed by atoms with van der Waals surface area (Å²) in [5, 5.41) is 12.3. The van der Waals surface area contributed by atoms with Gasteiger partial charge in [-0.3, -0.25) is 4.79 Å². The SMILES string of the molecule is CCN(Cc1ccccc1Cl)C(=O)c1cn(C2CCNCC2)nn1.Cl. The van der Waals surface area contributed by atoms with Gasteiger partial charge in [-0.15, -0.1) is 17.5 Å². The molecule has 0 radical (unpaired) electrons. The van der Waals surface area contributed by atoms with Gasteiger partial charge in [0.15, 0.2) is 5.69 Å². The van der Waals surface area contributed by atoms with E-state index in [1.807, 2.05) is 35.9 Å². The number of carbonyl (C=O) groups excluding carboxylic acids is 1. The van der Waals surface area contributed by atoms with Gasteiger partial charge in [0.25, 0.3) is 5.91 Å². The van der Waals surface area contributed by atoms with Crippen molar-refractivity contribution in [2.45, 2.75) is 32.4 Å². The molecule has 0 atom stereocenters. The average Bonchev–Trinajstić information content (AvgIpc) is 3.11. The fraction of sp³-hybridized carbons (Fsp3) is 0.471. The predicted molar refractivity (Wildman–Crippen MR) is 100 cm³/mol. The summed E-state index contributed by atoms with van der Waals surface area (Å²) < 4.78 is 1.83. The van der Waals surface area contributed by atoms with Crippen LogP contribution in [0.2, 0.25) is 5.02 Å². The molecule has 2 heterocycles. The summed E-state index contributed by atoms with van der Waals surface area (Å²) in [5.41, 5.74) is 1.32. The van der Waals surface area contributed by atoms with E-state index < -0.39 is 0 Å². The van der Waals surface area contributed by atoms with Gasteiger partial charge in [-0.25, -0.2) is 4.68 Å². The average molecular weight is 384 g/mol. The monoisotopic (exact) mass is 383 g/mol. The van der Waals surface area contributed by atoms with Crippen LogP contribution in [0.25, 0.3) is 0 Å². The molecule has 1 saturated heterocycles. The minimum Gasteiger partial charge on any atom is -0.333 e. The van der Waals surface area contributed by atoms with Gasteiger partial charge in [0.1, 0.15) is 0 Å². The highest BCUT2D eigenvalue weighted by Gasteiger charge is 2.22. The summed E-state index contributed by atoms with van der Waals surface area (Å²) in [4.78, 5) is 14.5. The van der Waals surface area contributed by atoms with Gasteiger partial charge in [0, 0.05) is 18.1 Å². The Kier molecular flexibility index (Phi) is 7.23. The van der Waals surface area contributed by atoms with Crippen molar-refractivity contribution in [3.63, 3.8) is 0 Å². The summed E-state index contributed by atoms with van der Waals surface area (Å²) >= 11 is 6.21. The minimum atomic E-state index is -0.113. The van der Waals surface area contributed by atoms with Crippen molar-refractivity contribution in [2.24, 2.45) is 0 Å². The number of benzene rings is 1. The second-order valence-electron chi connectivity index (χ2n) is 5.98. The van der Waals surface area contributed by atoms with Crippen LogP contribution < -0.4 is 5.32 Å². The van der Waals surface area contributed by atoms with Crippen LogP contribution in [0.1, 0.15) is 41.9 Å². The maximum absolute atomic E-state index is 12.7. The molecule has 1 aromatic carbocycles. The van der Waals surface area contributed by atoms with E-state index in [4.69, 9.17) is 11.6 Å². The lowest BCUT2D eigenvalue weighted by molar-refractivity contribution is 0.0746. The molecule has 0 aliphatic carbocycles. The van der Waals surface area contributed by atoms with E-state index in [1.165, 1.54) is 0 Å². The van der Waals surface area contributed by atoms with Gasteiger partial charge in [-0.05, 0) is 44.5 Å². The van der Waals surface area contributed by atoms with Crippen molar-refractivity contribution in [3.8, 4) is 0 Å². The normalized spacial score (nSPS) is 14.8. The van der Waals surface area contributed by atoms with Gasteiger partial charge >= 0.3 is 0 Å². The van der Waals surface area contributed by atoms with Crippen LogP contribution in [0.3, 0.4) is 0 Å². The fourth-order valence-electron chi connectivity index (χ4n) is 2.95. The molecule has 1 amide bonds. The van der Waals surface area contributed by atoms with E-state index in [-0.39, 0.29) is 18.3 Å². The lowest BCUT2D eigenvalue weighted by Crippen LogP contribution is -2.31. The summed E-state index contributed by atoms with van der Waals surface area (Å²) in [6.45, 7) is 4.95. The maximum Gasteiger partial charge on any atom is 0.276 e. The standard InChI is InChI=1S/C17H22ClN5O.ClH/c1-2-22(11-13-5-3-4-6-15(13)18)17(24)16-12-23(21-20-16)14-7-9-19-10-8-14;/h3-6,12,14,19H,2,7-11H2,1H3;1H. The third-order valence-corrected chi connectivity index (χ3v) is 4.77. The molecule has 1 aliphatic heterocycles. The predicted octanol–water partition coefficient (Wildman–Crippen LogP) is 2.94. The number of hydrogen-bond acceptors (Lipinski definition) is 4. The summed E-state index contributed by atoms with van der Waals surface area (Å²) in [6.07, 6.45) is 3.79. The van der Waals surface area contributed by atoms with E-state index in [0.717, 1.165) is 31.5 Å². The molecule has 0 saturated carbocycles. The Bertz CT molecular complexity index is 700. The molecule has 1 aromatic heterocycles. The van der Waals surface area contributed by atoms with Crippen LogP contribution in [0.15, 0.2) is 30.5 Å². The highest BCUT2D eigenvalue weighted by Crippen LogP contribution is 2.19. The molecular weight excluding hydrogens is 361 g/mol. The zero-order valence-corrected chi connectivity index (χ0v) is 15.8. The Morgan fingerprint density at radius 2 is 2.08 bits per heavy atom. The van der Waals surface area contributed by atoms with Crippen LogP contribution in [0.5, 0.6) is 0 Å². The number of hydrogen-bond donors (Lipinski definition) is 1. The first kappa shape index (κ1) is 19.7. The van der Waals surface area contributed by atoms with E-state index in [9.17, 15) is 4.79 Å². The van der Waals surface area contributed by atoms with Crippen molar-refractivity contribution in [1.82, 2.24) is 25.2 Å². The lowest BCUT2D eigenvalue weighted by atomic mass is 10.1. The van der Waals surface area contributed by atoms with Crippen molar-refractivity contribution in [1.29, 1.82) is 0 Å². The fourth-order valence-corrected chi connectivity index (χ4v) is 3.14. The van der Waals surface area contributed by atoms with Gasteiger partial charge in [-0.2, -0.15) is 0 Å². The first-order valence-electron chi connectivity index (χ1n) is 8.34. The molecule has 1 aliphatic rings. The van der Waals surface area contributed by atoms with Crippen LogP contribution >= 0.6 is 24.0 Å². The van der Waals surface area contributed by atoms with Crippen LogP contribution in [0.4, 0.5) is 0 Å². The Balaban J connectivity index is 0.00000225. The van der Waals surface area contributed by atoms with Crippen molar-refractivity contribution >= 4 is 29.9 Å². The van der Waals surface area contributed by atoms with E-state index in [2.05, 4.69) is 15.6 Å². The number of nitrogens with zero attached hydrogens (tertiary/aromatic N) is 4. The van der Waals surface area contributed by atoms with Gasteiger partial charge < -0.3 is 10.2 Å². The van der Waals surface area contributed by atoms with Crippen LogP contribution in [0, 0.1) is 0 Å². The summed E-state index contributed by atoms with van der Waals surface area (Å²) in [7, 11) is 0. The largest absolute Gasteiger partial charge is 0.333 e. The zero-order chi connectivity index (χ0) is 16.9. The van der Waals surface area contributed by atoms with Gasteiger partial charge in [-0.1, -0.05) is 35.0 Å². The summed E-state index contributed by atoms with van der Waals surface area (Å²) in [5.74, 6) is -0.113. The number of nitrogens with one attached hydrogen (secondary N) is 1. The topological polar surface area (TPSA) is 63.1 Å². The highest BCUT2D eigenvalue weighted by atomic mass is 35.5. The Morgan fingerprint density at radius 3 is 2.76 bits per heavy atom. The first-order chi connectivity index (χ1) is 11.7. The number of aromatic nitrogens is 3. The molecule has 1 N–H and O–H groups in total. The molecular formula is C17H23Cl2N5O.